The molecule has 96 valence electrons. The second kappa shape index (κ2) is 5.53. The van der Waals surface area contributed by atoms with Crippen LogP contribution in [0.15, 0.2) is 30.5 Å². The van der Waals surface area contributed by atoms with Crippen molar-refractivity contribution in [1.82, 2.24) is 4.98 Å². The van der Waals surface area contributed by atoms with Crippen LogP contribution in [0.1, 0.15) is 29.2 Å². The highest BCUT2D eigenvalue weighted by atomic mass is 15.0. The Morgan fingerprint density at radius 2 is 2.00 bits per heavy atom. The molecule has 1 heterocycles. The van der Waals surface area contributed by atoms with Crippen LogP contribution < -0.4 is 5.32 Å². The van der Waals surface area contributed by atoms with Crippen molar-refractivity contribution in [3.63, 3.8) is 0 Å². The van der Waals surface area contributed by atoms with Crippen LogP contribution in [0.4, 0.5) is 11.5 Å². The van der Waals surface area contributed by atoms with E-state index >= 15 is 0 Å². The Bertz CT molecular complexity index is 639. The minimum Gasteiger partial charge on any atom is -0.339 e. The molecule has 0 amide bonds. The summed E-state index contributed by atoms with van der Waals surface area (Å²) >= 11 is 0. The van der Waals surface area contributed by atoms with Crippen LogP contribution in [0.5, 0.6) is 0 Å². The van der Waals surface area contributed by atoms with Gasteiger partial charge in [-0.15, -0.1) is 0 Å². The summed E-state index contributed by atoms with van der Waals surface area (Å²) in [7, 11) is 0. The zero-order valence-corrected chi connectivity index (χ0v) is 11.5. The lowest BCUT2D eigenvalue weighted by Crippen LogP contribution is -2.02. The zero-order chi connectivity index (χ0) is 13.8. The molecule has 0 aliphatic heterocycles. The molecule has 0 bridgehead atoms. The van der Waals surface area contributed by atoms with Crippen LogP contribution in [0.3, 0.4) is 0 Å². The molecule has 2 aromatic rings. The minimum atomic E-state index is 0.604. The van der Waals surface area contributed by atoms with Crippen LogP contribution in [-0.4, -0.2) is 4.98 Å². The van der Waals surface area contributed by atoms with Crippen molar-refractivity contribution in [2.24, 2.45) is 0 Å². The number of nitrogens with zero attached hydrogens (tertiary/aromatic N) is 2. The number of aryl methyl sites for hydroxylation is 3. The predicted molar refractivity (Wildman–Crippen MR) is 77.5 cm³/mol. The first kappa shape index (κ1) is 13.1. The van der Waals surface area contributed by atoms with Crippen molar-refractivity contribution in [2.75, 3.05) is 5.32 Å². The van der Waals surface area contributed by atoms with Gasteiger partial charge in [0.05, 0.1) is 5.56 Å². The standard InChI is InChI=1S/C16H17N3/c1-4-13-7-5-6-12(3)15(13)19-16-14(10-17)11(2)8-9-18-16/h5-9H,4H2,1-3H3,(H,18,19). The van der Waals surface area contributed by atoms with Crippen LogP contribution in [0.2, 0.25) is 0 Å². The molecule has 1 aromatic heterocycles. The topological polar surface area (TPSA) is 48.7 Å². The summed E-state index contributed by atoms with van der Waals surface area (Å²) in [5.74, 6) is 0.631. The van der Waals surface area contributed by atoms with E-state index < -0.39 is 0 Å². The van der Waals surface area contributed by atoms with Crippen molar-refractivity contribution >= 4 is 11.5 Å². The number of hydrogen-bond acceptors (Lipinski definition) is 3. The Balaban J connectivity index is 2.48. The molecule has 0 saturated heterocycles. The van der Waals surface area contributed by atoms with Crippen LogP contribution >= 0.6 is 0 Å². The first-order chi connectivity index (χ1) is 9.17. The van der Waals surface area contributed by atoms with Crippen molar-refractivity contribution in [3.05, 3.63) is 52.7 Å². The van der Waals surface area contributed by atoms with Gasteiger partial charge in [-0.2, -0.15) is 5.26 Å². The molecule has 3 nitrogen and oxygen atoms in total. The lowest BCUT2D eigenvalue weighted by molar-refractivity contribution is 1.13. The van der Waals surface area contributed by atoms with E-state index in [2.05, 4.69) is 42.4 Å². The van der Waals surface area contributed by atoms with Gasteiger partial charge >= 0.3 is 0 Å². The number of benzene rings is 1. The van der Waals surface area contributed by atoms with Crippen molar-refractivity contribution in [3.8, 4) is 6.07 Å². The zero-order valence-electron chi connectivity index (χ0n) is 11.5. The molecule has 0 spiro atoms. The average molecular weight is 251 g/mol. The number of aromatic nitrogens is 1. The van der Waals surface area contributed by atoms with E-state index in [1.165, 1.54) is 5.56 Å². The number of nitrogens with one attached hydrogen (secondary N) is 1. The van der Waals surface area contributed by atoms with E-state index in [1.807, 2.05) is 19.1 Å². The maximum Gasteiger partial charge on any atom is 0.148 e. The number of hydrogen-bond donors (Lipinski definition) is 1. The summed E-state index contributed by atoms with van der Waals surface area (Å²) < 4.78 is 0. The average Bonchev–Trinajstić information content (AvgIpc) is 2.41. The highest BCUT2D eigenvalue weighted by molar-refractivity contribution is 5.69. The number of anilines is 2. The fraction of sp³-hybridized carbons (Fsp3) is 0.250. The lowest BCUT2D eigenvalue weighted by atomic mass is 10.1. The summed E-state index contributed by atoms with van der Waals surface area (Å²) in [4.78, 5) is 4.29. The normalized spacial score (nSPS) is 10.0. The maximum absolute atomic E-state index is 9.24. The summed E-state index contributed by atoms with van der Waals surface area (Å²) in [6.45, 7) is 6.10. The molecule has 0 radical (unpaired) electrons. The molecular weight excluding hydrogens is 234 g/mol. The molecule has 0 aliphatic carbocycles. The molecular formula is C16H17N3. The van der Waals surface area contributed by atoms with Crippen molar-refractivity contribution < 1.29 is 0 Å². The van der Waals surface area contributed by atoms with Gasteiger partial charge in [0.25, 0.3) is 0 Å². The smallest absolute Gasteiger partial charge is 0.148 e. The molecule has 2 rings (SSSR count). The Morgan fingerprint density at radius 3 is 2.68 bits per heavy atom. The molecule has 0 aliphatic rings. The Morgan fingerprint density at radius 1 is 1.21 bits per heavy atom. The lowest BCUT2D eigenvalue weighted by Gasteiger charge is -2.14. The molecule has 0 atom stereocenters. The van der Waals surface area contributed by atoms with Crippen LogP contribution in [-0.2, 0) is 6.42 Å². The van der Waals surface area contributed by atoms with Crippen LogP contribution in [0, 0.1) is 25.2 Å². The Kier molecular flexibility index (Phi) is 3.82. The number of nitriles is 1. The summed E-state index contributed by atoms with van der Waals surface area (Å²) in [6, 6.07) is 10.3. The maximum atomic E-state index is 9.24. The molecule has 19 heavy (non-hydrogen) atoms. The first-order valence-corrected chi connectivity index (χ1v) is 6.38. The monoisotopic (exact) mass is 251 g/mol. The van der Waals surface area contributed by atoms with Crippen LogP contribution in [0.25, 0.3) is 0 Å². The highest BCUT2D eigenvalue weighted by Gasteiger charge is 2.10. The molecule has 1 N–H and O–H groups in total. The van der Waals surface area contributed by atoms with E-state index in [-0.39, 0.29) is 0 Å². The summed E-state index contributed by atoms with van der Waals surface area (Å²) in [6.07, 6.45) is 2.67. The summed E-state index contributed by atoms with van der Waals surface area (Å²) in [5, 5.41) is 12.6. The van der Waals surface area contributed by atoms with Crippen molar-refractivity contribution in [2.45, 2.75) is 27.2 Å². The van der Waals surface area contributed by atoms with E-state index in [4.69, 9.17) is 0 Å². The van der Waals surface area contributed by atoms with Gasteiger partial charge in [-0.1, -0.05) is 25.1 Å². The van der Waals surface area contributed by atoms with Gasteiger partial charge in [0.2, 0.25) is 0 Å². The van der Waals surface area contributed by atoms with Gasteiger partial charge in [-0.3, -0.25) is 0 Å². The van der Waals surface area contributed by atoms with E-state index in [0.29, 0.717) is 11.4 Å². The fourth-order valence-electron chi connectivity index (χ4n) is 2.11. The molecule has 0 fully saturated rings. The predicted octanol–water partition coefficient (Wildman–Crippen LogP) is 3.88. The number of rotatable bonds is 3. The Labute approximate surface area is 113 Å². The first-order valence-electron chi connectivity index (χ1n) is 6.38. The van der Waals surface area contributed by atoms with Gasteiger partial charge in [-0.05, 0) is 43.0 Å². The Hall–Kier alpha value is -2.34. The fourth-order valence-corrected chi connectivity index (χ4v) is 2.11. The summed E-state index contributed by atoms with van der Waals surface area (Å²) in [5.41, 5.74) is 4.98. The van der Waals surface area contributed by atoms with E-state index in [9.17, 15) is 5.26 Å². The number of pyridine rings is 1. The van der Waals surface area contributed by atoms with Crippen molar-refractivity contribution in [1.29, 1.82) is 5.26 Å². The molecule has 3 heteroatoms. The quantitative estimate of drug-likeness (QED) is 0.900. The van der Waals surface area contributed by atoms with E-state index in [0.717, 1.165) is 23.2 Å². The van der Waals surface area contributed by atoms with Gasteiger partial charge in [0, 0.05) is 11.9 Å². The minimum absolute atomic E-state index is 0.604. The van der Waals surface area contributed by atoms with Gasteiger partial charge in [-0.25, -0.2) is 4.98 Å². The molecule has 0 unspecified atom stereocenters. The second-order valence-corrected chi connectivity index (χ2v) is 4.55. The number of para-hydroxylation sites is 1. The molecule has 0 saturated carbocycles. The SMILES string of the molecule is CCc1cccc(C)c1Nc1nccc(C)c1C#N. The third-order valence-electron chi connectivity index (χ3n) is 3.25. The second-order valence-electron chi connectivity index (χ2n) is 4.55. The van der Waals surface area contributed by atoms with Gasteiger partial charge in [0.1, 0.15) is 11.9 Å². The third kappa shape index (κ3) is 2.58. The molecule has 1 aromatic carbocycles. The highest BCUT2D eigenvalue weighted by Crippen LogP contribution is 2.26. The third-order valence-corrected chi connectivity index (χ3v) is 3.25. The van der Waals surface area contributed by atoms with E-state index in [1.54, 1.807) is 6.20 Å². The largest absolute Gasteiger partial charge is 0.339 e. The van der Waals surface area contributed by atoms with Gasteiger partial charge < -0.3 is 5.32 Å². The van der Waals surface area contributed by atoms with Gasteiger partial charge in [0.15, 0.2) is 0 Å².